The van der Waals surface area contributed by atoms with E-state index in [0.717, 1.165) is 22.6 Å². The maximum absolute atomic E-state index is 11.7. The Kier molecular flexibility index (Phi) is 7.22. The zero-order valence-corrected chi connectivity index (χ0v) is 11.3. The van der Waals surface area contributed by atoms with E-state index in [0.29, 0.717) is 19.5 Å². The van der Waals surface area contributed by atoms with Crippen molar-refractivity contribution < 1.29 is 4.79 Å². The van der Waals surface area contributed by atoms with Gasteiger partial charge in [0.15, 0.2) is 0 Å². The summed E-state index contributed by atoms with van der Waals surface area (Å²) in [5, 5.41) is 2.91. The van der Waals surface area contributed by atoms with Gasteiger partial charge in [0, 0.05) is 24.6 Å². The van der Waals surface area contributed by atoms with Gasteiger partial charge in [-0.05, 0) is 11.1 Å². The number of benzene rings is 1. The molecule has 1 rings (SSSR count). The van der Waals surface area contributed by atoms with Crippen LogP contribution in [0.3, 0.4) is 0 Å². The molecule has 0 saturated carbocycles. The van der Waals surface area contributed by atoms with E-state index in [2.05, 4.69) is 11.9 Å². The molecule has 0 aliphatic heterocycles. The number of carbonyl (C=O) groups is 1. The quantitative estimate of drug-likeness (QED) is 0.555. The second-order valence-corrected chi connectivity index (χ2v) is 5.01. The Balaban J connectivity index is 2.33. The number of nitrogens with one attached hydrogen (secondary N) is 1. The van der Waals surface area contributed by atoms with Gasteiger partial charge in [0.2, 0.25) is 5.91 Å². The zero-order chi connectivity index (χ0) is 13.2. The standard InChI is InChI=1S/C14H20N2OS/c1-2-8-18-9-7-16-14(17)10-12-5-3-4-6-13(12)11-15/h2-6H,1,7-11,15H2,(H,16,17). The number of hydrogen-bond acceptors (Lipinski definition) is 3. The van der Waals surface area contributed by atoms with Gasteiger partial charge in [0.1, 0.15) is 0 Å². The van der Waals surface area contributed by atoms with Gasteiger partial charge in [-0.1, -0.05) is 30.3 Å². The minimum atomic E-state index is 0.0510. The van der Waals surface area contributed by atoms with Crippen molar-refractivity contribution in [2.45, 2.75) is 13.0 Å². The first-order valence-electron chi connectivity index (χ1n) is 6.00. The summed E-state index contributed by atoms with van der Waals surface area (Å²) in [6.07, 6.45) is 2.27. The van der Waals surface area contributed by atoms with Crippen LogP contribution >= 0.6 is 11.8 Å². The van der Waals surface area contributed by atoms with Gasteiger partial charge in [-0.3, -0.25) is 4.79 Å². The van der Waals surface area contributed by atoms with Gasteiger partial charge in [0.05, 0.1) is 6.42 Å². The summed E-state index contributed by atoms with van der Waals surface area (Å²) in [6, 6.07) is 7.79. The van der Waals surface area contributed by atoms with Crippen LogP contribution in [-0.2, 0) is 17.8 Å². The zero-order valence-electron chi connectivity index (χ0n) is 10.5. The molecule has 0 bridgehead atoms. The number of rotatable bonds is 8. The Bertz CT molecular complexity index is 393. The Labute approximate surface area is 113 Å². The monoisotopic (exact) mass is 264 g/mol. The fourth-order valence-corrected chi connectivity index (χ4v) is 2.17. The fraction of sp³-hybridized carbons (Fsp3) is 0.357. The van der Waals surface area contributed by atoms with Crippen LogP contribution in [0.15, 0.2) is 36.9 Å². The van der Waals surface area contributed by atoms with Crippen molar-refractivity contribution in [1.29, 1.82) is 0 Å². The highest BCUT2D eigenvalue weighted by Gasteiger charge is 2.05. The molecule has 98 valence electrons. The molecule has 1 amide bonds. The van der Waals surface area contributed by atoms with Gasteiger partial charge in [-0.25, -0.2) is 0 Å². The molecule has 1 aromatic carbocycles. The van der Waals surface area contributed by atoms with Crippen LogP contribution in [-0.4, -0.2) is 24.0 Å². The number of thioether (sulfide) groups is 1. The summed E-state index contributed by atoms with van der Waals surface area (Å²) >= 11 is 1.76. The molecule has 0 aliphatic rings. The second-order valence-electron chi connectivity index (χ2n) is 3.86. The van der Waals surface area contributed by atoms with Crippen LogP contribution in [0.1, 0.15) is 11.1 Å². The first-order chi connectivity index (χ1) is 8.77. The maximum Gasteiger partial charge on any atom is 0.224 e. The van der Waals surface area contributed by atoms with E-state index in [9.17, 15) is 4.79 Å². The molecule has 3 N–H and O–H groups in total. The summed E-state index contributed by atoms with van der Waals surface area (Å²) in [4.78, 5) is 11.7. The van der Waals surface area contributed by atoms with E-state index in [1.54, 1.807) is 11.8 Å². The minimum Gasteiger partial charge on any atom is -0.355 e. The molecular weight excluding hydrogens is 244 g/mol. The minimum absolute atomic E-state index is 0.0510. The van der Waals surface area contributed by atoms with Crippen LogP contribution in [0.5, 0.6) is 0 Å². The highest BCUT2D eigenvalue weighted by Crippen LogP contribution is 2.08. The highest BCUT2D eigenvalue weighted by molar-refractivity contribution is 7.99. The molecular formula is C14H20N2OS. The molecule has 0 radical (unpaired) electrons. The molecule has 0 heterocycles. The number of carbonyl (C=O) groups excluding carboxylic acids is 1. The predicted molar refractivity (Wildman–Crippen MR) is 78.6 cm³/mol. The molecule has 0 spiro atoms. The lowest BCUT2D eigenvalue weighted by molar-refractivity contribution is -0.120. The van der Waals surface area contributed by atoms with Gasteiger partial charge >= 0.3 is 0 Å². The molecule has 0 unspecified atom stereocenters. The molecule has 0 fully saturated rings. The Morgan fingerprint density at radius 1 is 1.39 bits per heavy atom. The number of amides is 1. The summed E-state index contributed by atoms with van der Waals surface area (Å²) in [5.41, 5.74) is 7.68. The molecule has 18 heavy (non-hydrogen) atoms. The van der Waals surface area contributed by atoms with Crippen molar-refractivity contribution in [3.63, 3.8) is 0 Å². The third-order valence-electron chi connectivity index (χ3n) is 2.49. The largest absolute Gasteiger partial charge is 0.355 e. The van der Waals surface area contributed by atoms with E-state index in [-0.39, 0.29) is 5.91 Å². The fourth-order valence-electron chi connectivity index (χ4n) is 1.59. The summed E-state index contributed by atoms with van der Waals surface area (Å²) in [7, 11) is 0. The van der Waals surface area contributed by atoms with Gasteiger partial charge in [-0.15, -0.1) is 6.58 Å². The van der Waals surface area contributed by atoms with E-state index >= 15 is 0 Å². The van der Waals surface area contributed by atoms with Crippen molar-refractivity contribution in [1.82, 2.24) is 5.32 Å². The topological polar surface area (TPSA) is 55.1 Å². The molecule has 1 aromatic rings. The first-order valence-corrected chi connectivity index (χ1v) is 7.15. The molecule has 3 nitrogen and oxygen atoms in total. The summed E-state index contributed by atoms with van der Waals surface area (Å²) < 4.78 is 0. The van der Waals surface area contributed by atoms with E-state index in [4.69, 9.17) is 5.73 Å². The number of nitrogens with two attached hydrogens (primary N) is 1. The first kappa shape index (κ1) is 14.8. The summed E-state index contributed by atoms with van der Waals surface area (Å²) in [6.45, 7) is 4.82. The second kappa shape index (κ2) is 8.78. The average Bonchev–Trinajstić information content (AvgIpc) is 2.39. The van der Waals surface area contributed by atoms with Gasteiger partial charge in [-0.2, -0.15) is 11.8 Å². The van der Waals surface area contributed by atoms with Crippen molar-refractivity contribution in [2.24, 2.45) is 5.73 Å². The average molecular weight is 264 g/mol. The lowest BCUT2D eigenvalue weighted by atomic mass is 10.0. The normalized spacial score (nSPS) is 10.1. The molecule has 0 aliphatic carbocycles. The molecule has 0 saturated heterocycles. The van der Waals surface area contributed by atoms with E-state index < -0.39 is 0 Å². The predicted octanol–water partition coefficient (Wildman–Crippen LogP) is 1.72. The maximum atomic E-state index is 11.7. The smallest absolute Gasteiger partial charge is 0.224 e. The third kappa shape index (κ3) is 5.38. The molecule has 0 atom stereocenters. The van der Waals surface area contributed by atoms with Crippen LogP contribution in [0, 0.1) is 0 Å². The van der Waals surface area contributed by atoms with Crippen LogP contribution in [0.2, 0.25) is 0 Å². The van der Waals surface area contributed by atoms with Crippen molar-refractivity contribution in [3.8, 4) is 0 Å². The Morgan fingerprint density at radius 3 is 2.78 bits per heavy atom. The SMILES string of the molecule is C=CCSCCNC(=O)Cc1ccccc1CN. The van der Waals surface area contributed by atoms with Gasteiger partial charge in [0.25, 0.3) is 0 Å². The lowest BCUT2D eigenvalue weighted by Gasteiger charge is -2.08. The Morgan fingerprint density at radius 2 is 2.11 bits per heavy atom. The van der Waals surface area contributed by atoms with Crippen molar-refractivity contribution in [3.05, 3.63) is 48.0 Å². The van der Waals surface area contributed by atoms with Crippen LogP contribution in [0.25, 0.3) is 0 Å². The van der Waals surface area contributed by atoms with E-state index in [1.165, 1.54) is 0 Å². The van der Waals surface area contributed by atoms with Crippen LogP contribution < -0.4 is 11.1 Å². The van der Waals surface area contributed by atoms with Gasteiger partial charge < -0.3 is 11.1 Å². The number of hydrogen-bond donors (Lipinski definition) is 2. The molecule has 0 aromatic heterocycles. The van der Waals surface area contributed by atoms with Crippen molar-refractivity contribution >= 4 is 17.7 Å². The summed E-state index contributed by atoms with van der Waals surface area (Å²) in [5.74, 6) is 1.89. The van der Waals surface area contributed by atoms with E-state index in [1.807, 2.05) is 30.3 Å². The Hall–Kier alpha value is -1.26. The molecule has 4 heteroatoms. The van der Waals surface area contributed by atoms with Crippen LogP contribution in [0.4, 0.5) is 0 Å². The van der Waals surface area contributed by atoms with Crippen molar-refractivity contribution in [2.75, 3.05) is 18.1 Å². The third-order valence-corrected chi connectivity index (χ3v) is 3.46. The lowest BCUT2D eigenvalue weighted by Crippen LogP contribution is -2.27. The highest BCUT2D eigenvalue weighted by atomic mass is 32.2.